The van der Waals surface area contributed by atoms with Gasteiger partial charge in [-0.2, -0.15) is 0 Å². The number of amides is 1. The second-order valence-electron chi connectivity index (χ2n) is 6.51. The highest BCUT2D eigenvalue weighted by Crippen LogP contribution is 2.26. The molecule has 1 saturated heterocycles. The first kappa shape index (κ1) is 17.9. The molecule has 0 bridgehead atoms. The first-order chi connectivity index (χ1) is 12.4. The summed E-state index contributed by atoms with van der Waals surface area (Å²) in [7, 11) is 1.89. The Balaban J connectivity index is 1.74. The lowest BCUT2D eigenvalue weighted by Crippen LogP contribution is -2.26. The van der Waals surface area contributed by atoms with Crippen LogP contribution < -0.4 is 4.90 Å². The van der Waals surface area contributed by atoms with E-state index in [0.29, 0.717) is 29.8 Å². The molecule has 26 heavy (non-hydrogen) atoms. The van der Waals surface area contributed by atoms with Crippen molar-refractivity contribution in [3.05, 3.63) is 52.8 Å². The molecule has 136 valence electrons. The summed E-state index contributed by atoms with van der Waals surface area (Å²) >= 11 is 0. The minimum Gasteiger partial charge on any atom is -0.454 e. The van der Waals surface area contributed by atoms with Crippen molar-refractivity contribution < 1.29 is 19.1 Å². The molecular weight excluding hydrogens is 332 g/mol. The summed E-state index contributed by atoms with van der Waals surface area (Å²) in [5, 5.41) is 0. The Morgan fingerprint density at radius 1 is 1.15 bits per heavy atom. The molecule has 6 heteroatoms. The first-order valence-electron chi connectivity index (χ1n) is 8.62. The number of hydrogen-bond donors (Lipinski definition) is 0. The number of anilines is 1. The Hall–Kier alpha value is -2.89. The second-order valence-corrected chi connectivity index (χ2v) is 6.51. The van der Waals surface area contributed by atoms with E-state index in [-0.39, 0.29) is 18.3 Å². The zero-order chi connectivity index (χ0) is 18.8. The average molecular weight is 354 g/mol. The molecule has 3 rings (SSSR count). The van der Waals surface area contributed by atoms with Crippen LogP contribution in [0.3, 0.4) is 0 Å². The quantitative estimate of drug-likeness (QED) is 0.612. The minimum atomic E-state index is -0.598. The van der Waals surface area contributed by atoms with Crippen LogP contribution in [-0.2, 0) is 16.6 Å². The van der Waals surface area contributed by atoms with Gasteiger partial charge in [0.25, 0.3) is 0 Å². The summed E-state index contributed by atoms with van der Waals surface area (Å²) in [6.45, 7) is 4.03. The van der Waals surface area contributed by atoms with E-state index in [9.17, 15) is 14.4 Å². The fraction of sp³-hybridized carbons (Fsp3) is 0.350. The van der Waals surface area contributed by atoms with Crippen LogP contribution in [0.5, 0.6) is 0 Å². The standard InChI is InChI=1S/C20H22N2O4/c1-13-11-16(14(2)21(13)3)18(23)12-26-20(25)15-7-4-5-8-17(15)22-10-6-9-19(22)24/h4-5,7-8,11H,6,9-10,12H2,1-3H3. The highest BCUT2D eigenvalue weighted by atomic mass is 16.5. The summed E-state index contributed by atoms with van der Waals surface area (Å²) in [5.74, 6) is -0.843. The van der Waals surface area contributed by atoms with Gasteiger partial charge in [-0.05, 0) is 38.5 Å². The lowest BCUT2D eigenvalue weighted by Gasteiger charge is -2.18. The number of carbonyl (C=O) groups is 3. The van der Waals surface area contributed by atoms with Gasteiger partial charge in [0.2, 0.25) is 11.7 Å². The highest BCUT2D eigenvalue weighted by Gasteiger charge is 2.26. The van der Waals surface area contributed by atoms with Gasteiger partial charge >= 0.3 is 5.97 Å². The number of nitrogens with zero attached hydrogens (tertiary/aromatic N) is 2. The molecule has 1 aliphatic rings. The maximum atomic E-state index is 12.5. The maximum absolute atomic E-state index is 12.5. The topological polar surface area (TPSA) is 68.6 Å². The average Bonchev–Trinajstić information content (AvgIpc) is 3.18. The fourth-order valence-corrected chi connectivity index (χ4v) is 3.21. The Bertz CT molecular complexity index is 882. The summed E-state index contributed by atoms with van der Waals surface area (Å²) in [6, 6.07) is 8.63. The van der Waals surface area contributed by atoms with Gasteiger partial charge in [0.15, 0.2) is 6.61 Å². The van der Waals surface area contributed by atoms with Crippen molar-refractivity contribution >= 4 is 23.3 Å². The van der Waals surface area contributed by atoms with Crippen LogP contribution in [0.1, 0.15) is 44.9 Å². The smallest absolute Gasteiger partial charge is 0.340 e. The molecule has 0 N–H and O–H groups in total. The van der Waals surface area contributed by atoms with Crippen molar-refractivity contribution in [1.82, 2.24) is 4.57 Å². The summed E-state index contributed by atoms with van der Waals surface area (Å²) < 4.78 is 7.17. The SMILES string of the molecule is Cc1cc(C(=O)COC(=O)c2ccccc2N2CCCC2=O)c(C)n1C. The lowest BCUT2D eigenvalue weighted by molar-refractivity contribution is -0.117. The van der Waals surface area contributed by atoms with Crippen LogP contribution in [0.4, 0.5) is 5.69 Å². The van der Waals surface area contributed by atoms with Gasteiger partial charge in [0.05, 0.1) is 11.3 Å². The predicted octanol–water partition coefficient (Wildman–Crippen LogP) is 2.81. The van der Waals surface area contributed by atoms with Gasteiger partial charge in [0, 0.05) is 37.0 Å². The number of benzene rings is 1. The number of Topliss-reactive ketones (excluding diaryl/α,β-unsaturated/α-hetero) is 1. The molecule has 0 radical (unpaired) electrons. The van der Waals surface area contributed by atoms with Gasteiger partial charge in [-0.3, -0.25) is 9.59 Å². The lowest BCUT2D eigenvalue weighted by atomic mass is 10.1. The molecule has 6 nitrogen and oxygen atoms in total. The third-order valence-electron chi connectivity index (χ3n) is 4.90. The number of hydrogen-bond acceptors (Lipinski definition) is 4. The molecule has 1 aromatic heterocycles. The van der Waals surface area contributed by atoms with E-state index in [2.05, 4.69) is 0 Å². The molecule has 0 spiro atoms. The van der Waals surface area contributed by atoms with Crippen molar-refractivity contribution in [2.45, 2.75) is 26.7 Å². The number of aryl methyl sites for hydroxylation is 1. The van der Waals surface area contributed by atoms with Crippen LogP contribution in [0, 0.1) is 13.8 Å². The van der Waals surface area contributed by atoms with E-state index in [4.69, 9.17) is 4.74 Å². The monoisotopic (exact) mass is 354 g/mol. The van der Waals surface area contributed by atoms with E-state index in [1.54, 1.807) is 35.2 Å². The zero-order valence-electron chi connectivity index (χ0n) is 15.2. The number of aromatic nitrogens is 1. The third-order valence-corrected chi connectivity index (χ3v) is 4.90. The fourth-order valence-electron chi connectivity index (χ4n) is 3.21. The Morgan fingerprint density at radius 2 is 1.88 bits per heavy atom. The molecule has 2 heterocycles. The molecule has 1 fully saturated rings. The van der Waals surface area contributed by atoms with E-state index in [1.807, 2.05) is 25.5 Å². The van der Waals surface area contributed by atoms with E-state index >= 15 is 0 Å². The highest BCUT2D eigenvalue weighted by molar-refractivity contribution is 6.05. The molecule has 0 aliphatic carbocycles. The summed E-state index contributed by atoms with van der Waals surface area (Å²) in [5.41, 5.74) is 3.21. The molecular formula is C20H22N2O4. The van der Waals surface area contributed by atoms with Gasteiger partial charge in [-0.15, -0.1) is 0 Å². The van der Waals surface area contributed by atoms with Crippen LogP contribution >= 0.6 is 0 Å². The molecule has 0 saturated carbocycles. The number of esters is 1. The molecule has 2 aromatic rings. The molecule has 1 amide bonds. The predicted molar refractivity (Wildman–Crippen MR) is 97.5 cm³/mol. The van der Waals surface area contributed by atoms with Gasteiger partial charge in [-0.25, -0.2) is 4.79 Å². The zero-order valence-corrected chi connectivity index (χ0v) is 15.2. The second kappa shape index (κ2) is 7.15. The van der Waals surface area contributed by atoms with Crippen molar-refractivity contribution in [3.63, 3.8) is 0 Å². The van der Waals surface area contributed by atoms with Gasteiger partial charge in [0.1, 0.15) is 0 Å². The Morgan fingerprint density at radius 3 is 2.50 bits per heavy atom. The van der Waals surface area contributed by atoms with Crippen LogP contribution in [0.25, 0.3) is 0 Å². The van der Waals surface area contributed by atoms with E-state index in [1.165, 1.54) is 0 Å². The summed E-state index contributed by atoms with van der Waals surface area (Å²) in [4.78, 5) is 38.5. The number of ether oxygens (including phenoxy) is 1. The van der Waals surface area contributed by atoms with Crippen molar-refractivity contribution in [2.75, 3.05) is 18.1 Å². The van der Waals surface area contributed by atoms with Crippen LogP contribution in [0.15, 0.2) is 30.3 Å². The Labute approximate surface area is 152 Å². The van der Waals surface area contributed by atoms with E-state index in [0.717, 1.165) is 17.8 Å². The molecule has 1 aromatic carbocycles. The maximum Gasteiger partial charge on any atom is 0.340 e. The molecule has 0 unspecified atom stereocenters. The first-order valence-corrected chi connectivity index (χ1v) is 8.62. The number of ketones is 1. The van der Waals surface area contributed by atoms with Gasteiger partial charge < -0.3 is 14.2 Å². The Kier molecular flexibility index (Phi) is 4.93. The normalized spacial score (nSPS) is 14.0. The molecule has 0 atom stereocenters. The van der Waals surface area contributed by atoms with Gasteiger partial charge in [-0.1, -0.05) is 12.1 Å². The van der Waals surface area contributed by atoms with Crippen molar-refractivity contribution in [2.24, 2.45) is 7.05 Å². The van der Waals surface area contributed by atoms with Crippen LogP contribution in [-0.4, -0.2) is 35.4 Å². The van der Waals surface area contributed by atoms with Crippen molar-refractivity contribution in [3.8, 4) is 0 Å². The number of para-hydroxylation sites is 1. The number of rotatable bonds is 5. The van der Waals surface area contributed by atoms with Crippen molar-refractivity contribution in [1.29, 1.82) is 0 Å². The summed E-state index contributed by atoms with van der Waals surface area (Å²) in [6.07, 6.45) is 1.25. The largest absolute Gasteiger partial charge is 0.454 e. The molecule has 1 aliphatic heterocycles. The van der Waals surface area contributed by atoms with E-state index < -0.39 is 5.97 Å². The minimum absolute atomic E-state index is 0.00304. The third kappa shape index (κ3) is 3.27. The number of carbonyl (C=O) groups excluding carboxylic acids is 3. The van der Waals surface area contributed by atoms with Crippen LogP contribution in [0.2, 0.25) is 0 Å².